The van der Waals surface area contributed by atoms with Crippen molar-refractivity contribution in [1.29, 1.82) is 5.41 Å². The Balaban J connectivity index is 2.96. The Hall–Kier alpha value is -0.680. The lowest BCUT2D eigenvalue weighted by Crippen LogP contribution is -2.33. The Labute approximate surface area is 122 Å². The van der Waals surface area contributed by atoms with E-state index in [2.05, 4.69) is 41.1 Å². The van der Waals surface area contributed by atoms with E-state index < -0.39 is 0 Å². The molecule has 0 saturated heterocycles. The van der Waals surface area contributed by atoms with Crippen LogP contribution in [0.2, 0.25) is 0 Å². The van der Waals surface area contributed by atoms with Crippen molar-refractivity contribution in [3.05, 3.63) is 28.2 Å². The van der Waals surface area contributed by atoms with Gasteiger partial charge in [-0.1, -0.05) is 6.92 Å². The number of hydrogen-bond donors (Lipinski definition) is 2. The molecule has 1 aromatic rings. The van der Waals surface area contributed by atoms with Crippen LogP contribution in [0, 0.1) is 5.41 Å². The van der Waals surface area contributed by atoms with Gasteiger partial charge in [-0.05, 0) is 46.8 Å². The Morgan fingerprint density at radius 2 is 2.22 bits per heavy atom. The topological polar surface area (TPSA) is 53.1 Å². The molecule has 1 unspecified atom stereocenters. The fourth-order valence-corrected chi connectivity index (χ4v) is 3.27. The molecule has 3 N–H and O–H groups in total. The summed E-state index contributed by atoms with van der Waals surface area (Å²) in [6.07, 6.45) is 3.24. The van der Waals surface area contributed by atoms with Gasteiger partial charge >= 0.3 is 0 Å². The van der Waals surface area contributed by atoms with Crippen molar-refractivity contribution in [1.82, 2.24) is 0 Å². The van der Waals surface area contributed by atoms with Crippen molar-refractivity contribution in [2.45, 2.75) is 19.4 Å². The van der Waals surface area contributed by atoms with Crippen LogP contribution in [0.3, 0.4) is 0 Å². The molecule has 1 rings (SSSR count). The Bertz CT molecular complexity index is 423. The predicted octanol–water partition coefficient (Wildman–Crippen LogP) is 3.31. The third-order valence-electron chi connectivity index (χ3n) is 3.03. The number of hydrogen-bond acceptors (Lipinski definition) is 3. The summed E-state index contributed by atoms with van der Waals surface area (Å²) in [5, 5.41) is 7.47. The molecule has 5 heteroatoms. The molecule has 0 amide bonds. The Morgan fingerprint density at radius 3 is 2.67 bits per heavy atom. The van der Waals surface area contributed by atoms with Crippen LogP contribution in [0.5, 0.6) is 0 Å². The van der Waals surface area contributed by atoms with Gasteiger partial charge in [0.25, 0.3) is 0 Å². The lowest BCUT2D eigenvalue weighted by atomic mass is 10.1. The monoisotopic (exact) mass is 329 g/mol. The molecule has 0 bridgehead atoms. The number of rotatable bonds is 6. The second-order valence-electron chi connectivity index (χ2n) is 4.21. The van der Waals surface area contributed by atoms with Crippen LogP contribution in [-0.4, -0.2) is 30.9 Å². The molecule has 0 saturated carbocycles. The highest BCUT2D eigenvalue weighted by Crippen LogP contribution is 2.25. The number of benzene rings is 1. The molecule has 0 heterocycles. The zero-order valence-corrected chi connectivity index (χ0v) is 13.4. The maximum absolute atomic E-state index is 7.47. The SMILES string of the molecule is CCC(CSC)N(C)c1ccc(C(=N)N)c(Br)c1. The summed E-state index contributed by atoms with van der Waals surface area (Å²) >= 11 is 5.34. The standard InChI is InChI=1S/C13H20BrN3S/c1-4-9(8-18-3)17(2)10-5-6-11(13(15)16)12(14)7-10/h5-7,9H,4,8H2,1-3H3,(H3,15,16). The van der Waals surface area contributed by atoms with Crippen LogP contribution in [0.1, 0.15) is 18.9 Å². The number of nitrogen functional groups attached to an aromatic ring is 1. The van der Waals surface area contributed by atoms with E-state index in [1.54, 1.807) is 0 Å². The molecular formula is C13H20BrN3S. The predicted molar refractivity (Wildman–Crippen MR) is 86.0 cm³/mol. The Morgan fingerprint density at radius 1 is 1.56 bits per heavy atom. The average Bonchev–Trinajstić information content (AvgIpc) is 2.34. The van der Waals surface area contributed by atoms with Gasteiger partial charge in [0.2, 0.25) is 0 Å². The molecule has 0 aromatic heterocycles. The lowest BCUT2D eigenvalue weighted by molar-refractivity contribution is 0.673. The normalized spacial score (nSPS) is 12.2. The molecule has 1 aromatic carbocycles. The minimum atomic E-state index is 0.0900. The second kappa shape index (κ2) is 7.04. The molecule has 1 atom stereocenters. The summed E-state index contributed by atoms with van der Waals surface area (Å²) in [5.74, 6) is 1.20. The zero-order chi connectivity index (χ0) is 13.7. The van der Waals surface area contributed by atoms with Crippen LogP contribution in [-0.2, 0) is 0 Å². The van der Waals surface area contributed by atoms with Crippen molar-refractivity contribution in [3.8, 4) is 0 Å². The van der Waals surface area contributed by atoms with E-state index in [0.29, 0.717) is 6.04 Å². The third kappa shape index (κ3) is 3.65. The first-order chi connectivity index (χ1) is 8.51. The first-order valence-corrected chi connectivity index (χ1v) is 8.05. The van der Waals surface area contributed by atoms with Crippen LogP contribution in [0.25, 0.3) is 0 Å². The van der Waals surface area contributed by atoms with Gasteiger partial charge in [0.05, 0.1) is 0 Å². The summed E-state index contributed by atoms with van der Waals surface area (Å²) in [6, 6.07) is 6.46. The molecule has 100 valence electrons. The van der Waals surface area contributed by atoms with Gasteiger partial charge in [0, 0.05) is 34.6 Å². The highest BCUT2D eigenvalue weighted by Gasteiger charge is 2.14. The first kappa shape index (κ1) is 15.4. The first-order valence-electron chi connectivity index (χ1n) is 5.87. The van der Waals surface area contributed by atoms with E-state index in [1.807, 2.05) is 30.0 Å². The van der Waals surface area contributed by atoms with E-state index in [-0.39, 0.29) is 5.84 Å². The smallest absolute Gasteiger partial charge is 0.123 e. The van der Waals surface area contributed by atoms with Crippen molar-refractivity contribution < 1.29 is 0 Å². The number of nitrogens with two attached hydrogens (primary N) is 1. The minimum absolute atomic E-state index is 0.0900. The van der Waals surface area contributed by atoms with Crippen LogP contribution >= 0.6 is 27.7 Å². The molecule has 3 nitrogen and oxygen atoms in total. The lowest BCUT2D eigenvalue weighted by Gasteiger charge is -2.29. The molecular weight excluding hydrogens is 310 g/mol. The fraction of sp³-hybridized carbons (Fsp3) is 0.462. The summed E-state index contributed by atoms with van der Waals surface area (Å²) in [5.41, 5.74) is 7.40. The van der Waals surface area contributed by atoms with E-state index in [9.17, 15) is 0 Å². The van der Waals surface area contributed by atoms with E-state index >= 15 is 0 Å². The van der Waals surface area contributed by atoms with Crippen molar-refractivity contribution in [3.63, 3.8) is 0 Å². The number of nitrogens with zero attached hydrogens (tertiary/aromatic N) is 1. The maximum atomic E-state index is 7.47. The fourth-order valence-electron chi connectivity index (χ4n) is 1.85. The van der Waals surface area contributed by atoms with E-state index in [4.69, 9.17) is 11.1 Å². The average molecular weight is 330 g/mol. The van der Waals surface area contributed by atoms with Gasteiger partial charge in [0.1, 0.15) is 5.84 Å². The van der Waals surface area contributed by atoms with Gasteiger partial charge in [0.15, 0.2) is 0 Å². The summed E-state index contributed by atoms with van der Waals surface area (Å²) in [6.45, 7) is 2.20. The van der Waals surface area contributed by atoms with Crippen LogP contribution < -0.4 is 10.6 Å². The van der Waals surface area contributed by atoms with Gasteiger partial charge in [-0.2, -0.15) is 11.8 Å². The number of anilines is 1. The highest BCUT2D eigenvalue weighted by molar-refractivity contribution is 9.10. The van der Waals surface area contributed by atoms with E-state index in [1.165, 1.54) is 0 Å². The number of nitrogens with one attached hydrogen (secondary N) is 1. The summed E-state index contributed by atoms with van der Waals surface area (Å²) in [4.78, 5) is 2.28. The molecule has 0 fully saturated rings. The molecule has 18 heavy (non-hydrogen) atoms. The summed E-state index contributed by atoms with van der Waals surface area (Å²) < 4.78 is 0.873. The van der Waals surface area contributed by atoms with Crippen LogP contribution in [0.4, 0.5) is 5.69 Å². The maximum Gasteiger partial charge on any atom is 0.123 e. The highest BCUT2D eigenvalue weighted by atomic mass is 79.9. The molecule has 0 aliphatic heterocycles. The van der Waals surface area contributed by atoms with Gasteiger partial charge < -0.3 is 10.6 Å². The number of amidine groups is 1. The largest absolute Gasteiger partial charge is 0.384 e. The van der Waals surface area contributed by atoms with E-state index in [0.717, 1.165) is 27.9 Å². The third-order valence-corrected chi connectivity index (χ3v) is 4.40. The van der Waals surface area contributed by atoms with Crippen LogP contribution in [0.15, 0.2) is 22.7 Å². The molecule has 0 aliphatic carbocycles. The zero-order valence-electron chi connectivity index (χ0n) is 11.0. The number of halogens is 1. The van der Waals surface area contributed by atoms with Crippen molar-refractivity contribution in [2.75, 3.05) is 24.0 Å². The molecule has 0 radical (unpaired) electrons. The minimum Gasteiger partial charge on any atom is -0.384 e. The van der Waals surface area contributed by atoms with Gasteiger partial charge in [-0.3, -0.25) is 5.41 Å². The quantitative estimate of drug-likeness (QED) is 0.621. The molecule has 0 spiro atoms. The second-order valence-corrected chi connectivity index (χ2v) is 5.97. The number of thioether (sulfide) groups is 1. The van der Waals surface area contributed by atoms with Crippen molar-refractivity contribution >= 4 is 39.2 Å². The summed E-state index contributed by atoms with van der Waals surface area (Å²) in [7, 11) is 2.11. The van der Waals surface area contributed by atoms with Gasteiger partial charge in [-0.25, -0.2) is 0 Å². The van der Waals surface area contributed by atoms with Gasteiger partial charge in [-0.15, -0.1) is 0 Å². The Kier molecular flexibility index (Phi) is 6.02. The molecule has 0 aliphatic rings. The van der Waals surface area contributed by atoms with Crippen molar-refractivity contribution in [2.24, 2.45) is 5.73 Å².